The molecule has 0 fully saturated rings. The molecule has 0 radical (unpaired) electrons. The zero-order chi connectivity index (χ0) is 17.8. The summed E-state index contributed by atoms with van der Waals surface area (Å²) >= 11 is 0. The van der Waals surface area contributed by atoms with Gasteiger partial charge in [-0.2, -0.15) is 0 Å². The Kier molecular flexibility index (Phi) is 4.70. The highest BCUT2D eigenvalue weighted by Gasteiger charge is 2.10. The molecule has 0 bridgehead atoms. The van der Waals surface area contributed by atoms with Gasteiger partial charge < -0.3 is 10.4 Å². The van der Waals surface area contributed by atoms with Crippen LogP contribution in [0.5, 0.6) is 0 Å². The van der Waals surface area contributed by atoms with E-state index >= 15 is 0 Å². The van der Waals surface area contributed by atoms with Crippen LogP contribution in [0.25, 0.3) is 11.4 Å². The molecule has 3 rings (SSSR count). The van der Waals surface area contributed by atoms with E-state index in [1.165, 1.54) is 0 Å². The molecule has 0 saturated heterocycles. The summed E-state index contributed by atoms with van der Waals surface area (Å²) in [4.78, 5) is 24.3. The summed E-state index contributed by atoms with van der Waals surface area (Å²) < 4.78 is 0. The molecule has 6 heteroatoms. The number of aromatic carboxylic acids is 1. The molecule has 0 aliphatic rings. The van der Waals surface area contributed by atoms with Gasteiger partial charge in [-0.15, -0.1) is 0 Å². The number of carboxylic acids is 1. The van der Waals surface area contributed by atoms with Crippen molar-refractivity contribution in [2.75, 3.05) is 5.32 Å². The second kappa shape index (κ2) is 7.09. The zero-order valence-corrected chi connectivity index (χ0v) is 14.0. The Morgan fingerprint density at radius 2 is 1.84 bits per heavy atom. The Morgan fingerprint density at radius 1 is 1.08 bits per heavy atom. The third-order valence-corrected chi connectivity index (χ3v) is 3.66. The van der Waals surface area contributed by atoms with Crippen LogP contribution >= 0.6 is 0 Å². The number of nitrogens with zero attached hydrogens (tertiary/aromatic N) is 3. The minimum atomic E-state index is -0.966. The number of carboxylic acid groups (broad SMARTS) is 1. The second-order valence-corrected chi connectivity index (χ2v) is 5.90. The molecule has 1 aromatic carbocycles. The van der Waals surface area contributed by atoms with Gasteiger partial charge in [0.2, 0.25) is 0 Å². The fourth-order valence-corrected chi connectivity index (χ4v) is 2.33. The Bertz CT molecular complexity index is 895. The van der Waals surface area contributed by atoms with Gasteiger partial charge in [-0.3, -0.25) is 4.98 Å². The maximum atomic E-state index is 11.1. The van der Waals surface area contributed by atoms with Crippen molar-refractivity contribution in [3.05, 3.63) is 66.1 Å². The molecule has 2 aromatic heterocycles. The summed E-state index contributed by atoms with van der Waals surface area (Å²) in [6.45, 7) is 4.13. The number of pyridine rings is 1. The molecular weight excluding hydrogens is 316 g/mol. The first kappa shape index (κ1) is 16.6. The molecule has 0 saturated carbocycles. The van der Waals surface area contributed by atoms with Gasteiger partial charge in [-0.1, -0.05) is 19.9 Å². The van der Waals surface area contributed by atoms with E-state index in [1.54, 1.807) is 36.7 Å². The largest absolute Gasteiger partial charge is 0.478 e. The van der Waals surface area contributed by atoms with Crippen molar-refractivity contribution in [1.29, 1.82) is 0 Å². The van der Waals surface area contributed by atoms with Crippen molar-refractivity contribution >= 4 is 17.5 Å². The van der Waals surface area contributed by atoms with Crippen LogP contribution in [0.15, 0.2) is 54.9 Å². The number of benzene rings is 1. The van der Waals surface area contributed by atoms with E-state index in [0.717, 1.165) is 11.3 Å². The first-order valence-electron chi connectivity index (χ1n) is 7.92. The standard InChI is InChI=1S/C19H18N4O2/c1-12(2)16-11-17(21-15-5-3-4-14(10-15)19(24)25)23-18(22-16)13-6-8-20-9-7-13/h3-12H,1-2H3,(H,24,25)(H,21,22,23). The van der Waals surface area contributed by atoms with Gasteiger partial charge in [0.05, 0.1) is 5.56 Å². The Labute approximate surface area is 145 Å². The van der Waals surface area contributed by atoms with Crippen LogP contribution in [0.4, 0.5) is 11.5 Å². The van der Waals surface area contributed by atoms with Crippen LogP contribution in [0.3, 0.4) is 0 Å². The first-order valence-corrected chi connectivity index (χ1v) is 7.92. The van der Waals surface area contributed by atoms with Crippen molar-refractivity contribution in [1.82, 2.24) is 15.0 Å². The molecule has 126 valence electrons. The van der Waals surface area contributed by atoms with Crippen molar-refractivity contribution < 1.29 is 9.90 Å². The van der Waals surface area contributed by atoms with E-state index in [1.807, 2.05) is 18.2 Å². The van der Waals surface area contributed by atoms with Crippen LogP contribution in [0.1, 0.15) is 35.8 Å². The summed E-state index contributed by atoms with van der Waals surface area (Å²) in [6, 6.07) is 12.2. The number of rotatable bonds is 5. The third-order valence-electron chi connectivity index (χ3n) is 3.66. The molecule has 25 heavy (non-hydrogen) atoms. The molecule has 0 amide bonds. The van der Waals surface area contributed by atoms with E-state index in [0.29, 0.717) is 17.3 Å². The van der Waals surface area contributed by atoms with Gasteiger partial charge in [0.1, 0.15) is 5.82 Å². The Morgan fingerprint density at radius 3 is 2.52 bits per heavy atom. The van der Waals surface area contributed by atoms with Crippen LogP contribution in [0, 0.1) is 0 Å². The minimum Gasteiger partial charge on any atom is -0.478 e. The van der Waals surface area contributed by atoms with Gasteiger partial charge in [0, 0.05) is 35.4 Å². The quantitative estimate of drug-likeness (QED) is 0.730. The molecule has 0 atom stereocenters. The molecule has 0 unspecified atom stereocenters. The number of aromatic nitrogens is 3. The number of hydrogen-bond acceptors (Lipinski definition) is 5. The normalized spacial score (nSPS) is 10.7. The summed E-state index contributed by atoms with van der Waals surface area (Å²) in [6.07, 6.45) is 3.40. The number of carbonyl (C=O) groups is 1. The third kappa shape index (κ3) is 3.98. The predicted molar refractivity (Wildman–Crippen MR) is 96.0 cm³/mol. The highest BCUT2D eigenvalue weighted by atomic mass is 16.4. The van der Waals surface area contributed by atoms with Crippen LogP contribution < -0.4 is 5.32 Å². The number of anilines is 2. The summed E-state index contributed by atoms with van der Waals surface area (Å²) in [5.74, 6) is 0.486. The Hall–Kier alpha value is -3.28. The lowest BCUT2D eigenvalue weighted by Gasteiger charge is -2.12. The average molecular weight is 334 g/mol. The van der Waals surface area contributed by atoms with Gasteiger partial charge in [0.25, 0.3) is 0 Å². The molecule has 3 aromatic rings. The smallest absolute Gasteiger partial charge is 0.335 e. The lowest BCUT2D eigenvalue weighted by molar-refractivity contribution is 0.0697. The molecule has 0 aliphatic carbocycles. The molecule has 0 spiro atoms. The fraction of sp³-hybridized carbons (Fsp3) is 0.158. The van der Waals surface area contributed by atoms with E-state index < -0.39 is 5.97 Å². The monoisotopic (exact) mass is 334 g/mol. The highest BCUT2D eigenvalue weighted by molar-refractivity contribution is 5.89. The number of hydrogen-bond donors (Lipinski definition) is 2. The minimum absolute atomic E-state index is 0.220. The van der Waals surface area contributed by atoms with Crippen molar-refractivity contribution in [2.24, 2.45) is 0 Å². The van der Waals surface area contributed by atoms with E-state index in [4.69, 9.17) is 5.11 Å². The van der Waals surface area contributed by atoms with Crippen LogP contribution in [0.2, 0.25) is 0 Å². The van der Waals surface area contributed by atoms with Crippen LogP contribution in [-0.2, 0) is 0 Å². The van der Waals surface area contributed by atoms with Gasteiger partial charge in [-0.25, -0.2) is 14.8 Å². The average Bonchev–Trinajstić information content (AvgIpc) is 2.62. The zero-order valence-electron chi connectivity index (χ0n) is 14.0. The number of nitrogens with one attached hydrogen (secondary N) is 1. The van der Waals surface area contributed by atoms with Crippen molar-refractivity contribution in [3.8, 4) is 11.4 Å². The fourth-order valence-electron chi connectivity index (χ4n) is 2.33. The first-order chi connectivity index (χ1) is 12.0. The molecule has 2 N–H and O–H groups in total. The molecule has 6 nitrogen and oxygen atoms in total. The maximum Gasteiger partial charge on any atom is 0.335 e. The lowest BCUT2D eigenvalue weighted by Crippen LogP contribution is -2.03. The SMILES string of the molecule is CC(C)c1cc(Nc2cccc(C(=O)O)c2)nc(-c2ccncc2)n1. The molecular formula is C19H18N4O2. The van der Waals surface area contributed by atoms with E-state index in [-0.39, 0.29) is 11.5 Å². The van der Waals surface area contributed by atoms with Gasteiger partial charge >= 0.3 is 5.97 Å². The van der Waals surface area contributed by atoms with Crippen LogP contribution in [-0.4, -0.2) is 26.0 Å². The molecule has 0 aliphatic heterocycles. The van der Waals surface area contributed by atoms with Gasteiger partial charge in [-0.05, 0) is 36.2 Å². The van der Waals surface area contributed by atoms with Crippen molar-refractivity contribution in [2.45, 2.75) is 19.8 Å². The lowest BCUT2D eigenvalue weighted by atomic mass is 10.1. The second-order valence-electron chi connectivity index (χ2n) is 5.90. The van der Waals surface area contributed by atoms with E-state index in [2.05, 4.69) is 34.1 Å². The molecule has 2 heterocycles. The summed E-state index contributed by atoms with van der Waals surface area (Å²) in [7, 11) is 0. The predicted octanol–water partition coefficient (Wildman–Crippen LogP) is 4.10. The topological polar surface area (TPSA) is 88.0 Å². The highest BCUT2D eigenvalue weighted by Crippen LogP contribution is 2.24. The van der Waals surface area contributed by atoms with Gasteiger partial charge in [0.15, 0.2) is 5.82 Å². The summed E-state index contributed by atoms with van der Waals surface area (Å²) in [5, 5.41) is 12.3. The summed E-state index contributed by atoms with van der Waals surface area (Å²) in [5.41, 5.74) is 2.66. The maximum absolute atomic E-state index is 11.1. The van der Waals surface area contributed by atoms with Crippen molar-refractivity contribution in [3.63, 3.8) is 0 Å². The van der Waals surface area contributed by atoms with E-state index in [9.17, 15) is 4.79 Å². The Balaban J connectivity index is 1.99.